The lowest BCUT2D eigenvalue weighted by Gasteiger charge is -2.28. The van der Waals surface area contributed by atoms with E-state index in [9.17, 15) is 9.59 Å². The number of anilines is 1. The molecular formula is C30H31N3O3. The lowest BCUT2D eigenvalue weighted by Crippen LogP contribution is -2.16. The number of amides is 1. The molecule has 1 fully saturated rings. The maximum Gasteiger partial charge on any atom is 0.303 e. The van der Waals surface area contributed by atoms with Gasteiger partial charge in [-0.2, -0.15) is 0 Å². The molecule has 6 nitrogen and oxygen atoms in total. The van der Waals surface area contributed by atoms with Gasteiger partial charge in [0.2, 0.25) is 0 Å². The number of aliphatic carboxylic acids is 1. The number of pyridine rings is 1. The highest BCUT2D eigenvalue weighted by Gasteiger charge is 2.24. The normalized spacial score (nSPS) is 17.7. The Balaban J connectivity index is 1.29. The Labute approximate surface area is 211 Å². The van der Waals surface area contributed by atoms with Gasteiger partial charge in [-0.25, -0.2) is 4.98 Å². The fourth-order valence-electron chi connectivity index (χ4n) is 5.36. The number of imidazole rings is 1. The zero-order valence-corrected chi connectivity index (χ0v) is 20.7. The third-order valence-electron chi connectivity index (χ3n) is 7.43. The van der Waals surface area contributed by atoms with Gasteiger partial charge in [0.15, 0.2) is 0 Å². The van der Waals surface area contributed by atoms with Gasteiger partial charge in [-0.05, 0) is 91.3 Å². The van der Waals surface area contributed by atoms with Gasteiger partial charge in [-0.15, -0.1) is 0 Å². The summed E-state index contributed by atoms with van der Waals surface area (Å²) in [6.07, 6.45) is 8.12. The number of carboxylic acids is 1. The van der Waals surface area contributed by atoms with Crippen LogP contribution in [0.5, 0.6) is 0 Å². The van der Waals surface area contributed by atoms with E-state index in [0.717, 1.165) is 59.3 Å². The predicted molar refractivity (Wildman–Crippen MR) is 141 cm³/mol. The van der Waals surface area contributed by atoms with Crippen LogP contribution >= 0.6 is 0 Å². The summed E-state index contributed by atoms with van der Waals surface area (Å²) in [6.45, 7) is 3.96. The second kappa shape index (κ2) is 9.97. The zero-order chi connectivity index (χ0) is 25.2. The van der Waals surface area contributed by atoms with Crippen molar-refractivity contribution in [1.29, 1.82) is 0 Å². The third-order valence-corrected chi connectivity index (χ3v) is 7.43. The second-order valence-corrected chi connectivity index (χ2v) is 9.97. The van der Waals surface area contributed by atoms with Gasteiger partial charge in [0.1, 0.15) is 11.3 Å². The van der Waals surface area contributed by atoms with Crippen molar-refractivity contribution in [3.05, 3.63) is 89.4 Å². The quantitative estimate of drug-likeness (QED) is 0.324. The monoisotopic (exact) mass is 481 g/mol. The van der Waals surface area contributed by atoms with Crippen molar-refractivity contribution >= 4 is 23.2 Å². The minimum atomic E-state index is -0.688. The molecular weight excluding hydrogens is 450 g/mol. The first-order chi connectivity index (χ1) is 17.4. The van der Waals surface area contributed by atoms with Crippen molar-refractivity contribution in [2.24, 2.45) is 5.92 Å². The largest absolute Gasteiger partial charge is 0.481 e. The van der Waals surface area contributed by atoms with Gasteiger partial charge < -0.3 is 14.8 Å². The van der Waals surface area contributed by atoms with Crippen LogP contribution in [0, 0.1) is 19.8 Å². The number of nitrogens with zero attached hydrogens (tertiary/aromatic N) is 2. The van der Waals surface area contributed by atoms with Crippen LogP contribution in [0.3, 0.4) is 0 Å². The number of carbonyl (C=O) groups excluding carboxylic acids is 1. The van der Waals surface area contributed by atoms with E-state index in [1.165, 1.54) is 5.56 Å². The smallest absolute Gasteiger partial charge is 0.303 e. The highest BCUT2D eigenvalue weighted by Crippen LogP contribution is 2.37. The van der Waals surface area contributed by atoms with Crippen LogP contribution in [0.15, 0.2) is 67.0 Å². The number of nitrogens with one attached hydrogen (secondary N) is 1. The number of carbonyl (C=O) groups is 2. The second-order valence-electron chi connectivity index (χ2n) is 9.97. The molecule has 0 bridgehead atoms. The van der Waals surface area contributed by atoms with Crippen molar-refractivity contribution in [3.63, 3.8) is 0 Å². The van der Waals surface area contributed by atoms with Crippen molar-refractivity contribution in [2.75, 3.05) is 5.32 Å². The summed E-state index contributed by atoms with van der Waals surface area (Å²) in [7, 11) is 0. The van der Waals surface area contributed by atoms with E-state index in [2.05, 4.69) is 34.6 Å². The third kappa shape index (κ3) is 5.03. The number of benzene rings is 2. The molecule has 2 aromatic carbocycles. The molecule has 4 aromatic rings. The van der Waals surface area contributed by atoms with Crippen molar-refractivity contribution in [1.82, 2.24) is 9.38 Å². The van der Waals surface area contributed by atoms with Gasteiger partial charge in [0.05, 0.1) is 0 Å². The first-order valence-electron chi connectivity index (χ1n) is 12.6. The maximum absolute atomic E-state index is 12.9. The summed E-state index contributed by atoms with van der Waals surface area (Å²) in [5, 5.41) is 12.0. The summed E-state index contributed by atoms with van der Waals surface area (Å²) in [6, 6.07) is 18.6. The maximum atomic E-state index is 12.9. The van der Waals surface area contributed by atoms with Crippen LogP contribution in [0.25, 0.3) is 16.8 Å². The number of aromatic nitrogens is 2. The summed E-state index contributed by atoms with van der Waals surface area (Å²) < 4.78 is 1.90. The molecule has 0 unspecified atom stereocenters. The van der Waals surface area contributed by atoms with Crippen LogP contribution < -0.4 is 5.32 Å². The molecule has 2 N–H and O–H groups in total. The van der Waals surface area contributed by atoms with Crippen LogP contribution in [0.4, 0.5) is 5.69 Å². The minimum Gasteiger partial charge on any atom is -0.481 e. The number of para-hydroxylation sites is 1. The number of carboxylic acid groups (broad SMARTS) is 1. The van der Waals surface area contributed by atoms with Crippen molar-refractivity contribution in [3.8, 4) is 11.1 Å². The first-order valence-corrected chi connectivity index (χ1v) is 12.6. The Morgan fingerprint density at radius 3 is 2.25 bits per heavy atom. The van der Waals surface area contributed by atoms with Crippen LogP contribution in [0.2, 0.25) is 0 Å². The molecule has 1 aliphatic carbocycles. The average Bonchev–Trinajstić information content (AvgIpc) is 3.30. The zero-order valence-electron chi connectivity index (χ0n) is 20.7. The van der Waals surface area contributed by atoms with Gasteiger partial charge in [-0.1, -0.05) is 42.5 Å². The van der Waals surface area contributed by atoms with E-state index in [1.54, 1.807) is 6.20 Å². The fourth-order valence-corrected chi connectivity index (χ4v) is 5.36. The topological polar surface area (TPSA) is 83.7 Å². The number of aryl methyl sites for hydroxylation is 2. The molecule has 0 saturated heterocycles. The molecule has 1 aliphatic rings. The molecule has 1 amide bonds. The lowest BCUT2D eigenvalue weighted by molar-refractivity contribution is -0.138. The summed E-state index contributed by atoms with van der Waals surface area (Å²) in [4.78, 5) is 28.4. The number of fused-ring (bicyclic) bond motifs is 1. The van der Waals surface area contributed by atoms with Gasteiger partial charge >= 0.3 is 5.97 Å². The SMILES string of the molecule is Cc1cccc(C)c1NC(=O)c1cn2cc(-c3ccc([C@H]4CC[C@H](CC(=O)O)CC4)cc3)ccc2n1. The molecule has 0 spiro atoms. The van der Waals surface area contributed by atoms with Crippen LogP contribution in [-0.2, 0) is 4.79 Å². The molecule has 2 aromatic heterocycles. The Hall–Kier alpha value is -3.93. The molecule has 0 radical (unpaired) electrons. The molecule has 1 saturated carbocycles. The number of hydrogen-bond donors (Lipinski definition) is 2. The van der Waals surface area contributed by atoms with Gasteiger partial charge in [-0.3, -0.25) is 9.59 Å². The number of rotatable bonds is 6. The van der Waals surface area contributed by atoms with Crippen molar-refractivity contribution in [2.45, 2.75) is 51.9 Å². The van der Waals surface area contributed by atoms with E-state index >= 15 is 0 Å². The molecule has 0 aliphatic heterocycles. The molecule has 0 atom stereocenters. The summed E-state index contributed by atoms with van der Waals surface area (Å²) in [5.41, 5.74) is 7.45. The molecule has 184 valence electrons. The minimum absolute atomic E-state index is 0.222. The van der Waals surface area contributed by atoms with E-state index in [1.807, 2.05) is 54.8 Å². The fraction of sp³-hybridized carbons (Fsp3) is 0.300. The number of hydrogen-bond acceptors (Lipinski definition) is 3. The Morgan fingerprint density at radius 1 is 0.917 bits per heavy atom. The average molecular weight is 482 g/mol. The lowest BCUT2D eigenvalue weighted by atomic mass is 9.77. The molecule has 6 heteroatoms. The Bertz CT molecular complexity index is 1390. The van der Waals surface area contributed by atoms with Crippen LogP contribution in [-0.4, -0.2) is 26.4 Å². The van der Waals surface area contributed by atoms with E-state index in [-0.39, 0.29) is 12.3 Å². The van der Waals surface area contributed by atoms with Gasteiger partial charge in [0.25, 0.3) is 5.91 Å². The van der Waals surface area contributed by atoms with Crippen LogP contribution in [0.1, 0.15) is 65.2 Å². The highest BCUT2D eigenvalue weighted by molar-refractivity contribution is 6.04. The van der Waals surface area contributed by atoms with Crippen molar-refractivity contribution < 1.29 is 14.7 Å². The standard InChI is InChI=1S/C30H31N3O3/c1-19-4-3-5-20(2)29(19)32-30(36)26-18-33-17-25(14-15-27(33)31-26)24-12-10-23(11-13-24)22-8-6-21(7-9-22)16-28(34)35/h3-5,10-15,17-18,21-22H,6-9,16H2,1-2H3,(H,32,36)(H,34,35)/t21-,22-. The highest BCUT2D eigenvalue weighted by atomic mass is 16.4. The summed E-state index contributed by atoms with van der Waals surface area (Å²) >= 11 is 0. The first kappa shape index (κ1) is 23.8. The predicted octanol–water partition coefficient (Wildman–Crippen LogP) is 6.62. The molecule has 5 rings (SSSR count). The van der Waals surface area contributed by atoms with E-state index < -0.39 is 5.97 Å². The molecule has 2 heterocycles. The van der Waals surface area contributed by atoms with Gasteiger partial charge in [0, 0.05) is 24.5 Å². The Morgan fingerprint density at radius 2 is 1.58 bits per heavy atom. The van der Waals surface area contributed by atoms with E-state index in [0.29, 0.717) is 17.5 Å². The molecule has 36 heavy (non-hydrogen) atoms. The van der Waals surface area contributed by atoms with E-state index in [4.69, 9.17) is 5.11 Å². The Kier molecular flexibility index (Phi) is 6.59. The summed E-state index contributed by atoms with van der Waals surface area (Å²) in [5.74, 6) is -0.0993.